The van der Waals surface area contributed by atoms with Gasteiger partial charge in [0, 0.05) is 18.2 Å². The highest BCUT2D eigenvalue weighted by Gasteiger charge is 2.28. The van der Waals surface area contributed by atoms with Crippen LogP contribution in [0.2, 0.25) is 0 Å². The Balaban J connectivity index is 1.54. The number of fused-ring (bicyclic) bond motifs is 1. The summed E-state index contributed by atoms with van der Waals surface area (Å²) in [6.07, 6.45) is 5.76. The molecule has 5 heteroatoms. The maximum Gasteiger partial charge on any atom is 0.158 e. The van der Waals surface area contributed by atoms with Crippen molar-refractivity contribution in [3.8, 4) is 0 Å². The van der Waals surface area contributed by atoms with Crippen LogP contribution in [0.15, 0.2) is 6.07 Å². The number of nitrogens with zero attached hydrogens (tertiary/aromatic N) is 2. The summed E-state index contributed by atoms with van der Waals surface area (Å²) in [6, 6.07) is 2.08. The fourth-order valence-corrected chi connectivity index (χ4v) is 2.97. The Bertz CT molecular complexity index is 642. The van der Waals surface area contributed by atoms with Gasteiger partial charge in [0.25, 0.3) is 0 Å². The molecule has 1 atom stereocenters. The second-order valence-corrected chi connectivity index (χ2v) is 6.09. The largest absolute Gasteiger partial charge is 0.354 e. The van der Waals surface area contributed by atoms with Crippen molar-refractivity contribution < 1.29 is 9.47 Å². The van der Waals surface area contributed by atoms with Crippen LogP contribution in [0.25, 0.3) is 11.0 Å². The molecule has 2 fully saturated rings. The molecule has 4 rings (SSSR count). The fourth-order valence-electron chi connectivity index (χ4n) is 2.97. The van der Waals surface area contributed by atoms with E-state index >= 15 is 0 Å². The van der Waals surface area contributed by atoms with Crippen LogP contribution < -0.4 is 0 Å². The summed E-state index contributed by atoms with van der Waals surface area (Å²) in [7, 11) is 0. The van der Waals surface area contributed by atoms with E-state index in [1.54, 1.807) is 0 Å². The van der Waals surface area contributed by atoms with E-state index in [0.717, 1.165) is 42.0 Å². The minimum Gasteiger partial charge on any atom is -0.354 e. The van der Waals surface area contributed by atoms with Gasteiger partial charge in [0.2, 0.25) is 0 Å². The minimum absolute atomic E-state index is 0.0547. The van der Waals surface area contributed by atoms with Gasteiger partial charge < -0.3 is 14.5 Å². The van der Waals surface area contributed by atoms with Crippen molar-refractivity contribution >= 4 is 11.0 Å². The SMILES string of the molecule is Cc1nc(C2CC2)c2[nH]c(COC3CCCCO3)cc2n1. The molecule has 0 amide bonds. The number of nitrogens with one attached hydrogen (secondary N) is 1. The average Bonchev–Trinajstić information content (AvgIpc) is 3.26. The number of H-pyrrole nitrogens is 1. The molecule has 2 aliphatic rings. The third-order valence-electron chi connectivity index (χ3n) is 4.20. The van der Waals surface area contributed by atoms with Gasteiger partial charge in [-0.15, -0.1) is 0 Å². The first-order valence-corrected chi connectivity index (χ1v) is 7.89. The maximum atomic E-state index is 5.84. The lowest BCUT2D eigenvalue weighted by molar-refractivity contribution is -0.169. The monoisotopic (exact) mass is 287 g/mol. The predicted molar refractivity (Wildman–Crippen MR) is 79.0 cm³/mol. The number of hydrogen-bond acceptors (Lipinski definition) is 4. The van der Waals surface area contributed by atoms with Crippen molar-refractivity contribution in [2.45, 2.75) is 57.8 Å². The Kier molecular flexibility index (Phi) is 3.39. The first-order chi connectivity index (χ1) is 10.3. The van der Waals surface area contributed by atoms with E-state index in [-0.39, 0.29) is 6.29 Å². The fraction of sp³-hybridized carbons (Fsp3) is 0.625. The zero-order valence-corrected chi connectivity index (χ0v) is 12.4. The second-order valence-electron chi connectivity index (χ2n) is 6.09. The van der Waals surface area contributed by atoms with E-state index in [4.69, 9.17) is 9.47 Å². The Hall–Kier alpha value is -1.46. The quantitative estimate of drug-likeness (QED) is 0.938. The van der Waals surface area contributed by atoms with E-state index in [1.165, 1.54) is 25.0 Å². The summed E-state index contributed by atoms with van der Waals surface area (Å²) in [5.41, 5.74) is 4.33. The first-order valence-electron chi connectivity index (χ1n) is 7.89. The first kappa shape index (κ1) is 13.2. The van der Waals surface area contributed by atoms with Crippen molar-refractivity contribution in [2.24, 2.45) is 0 Å². The molecule has 1 N–H and O–H groups in total. The number of rotatable bonds is 4. The number of ether oxygens (including phenoxy) is 2. The summed E-state index contributed by atoms with van der Waals surface area (Å²) in [4.78, 5) is 12.6. The van der Waals surface area contributed by atoms with Crippen molar-refractivity contribution in [3.05, 3.63) is 23.3 Å². The van der Waals surface area contributed by atoms with E-state index < -0.39 is 0 Å². The molecule has 0 bridgehead atoms. The third-order valence-corrected chi connectivity index (χ3v) is 4.20. The molecule has 0 spiro atoms. The van der Waals surface area contributed by atoms with Gasteiger partial charge in [-0.05, 0) is 45.1 Å². The number of aryl methyl sites for hydroxylation is 1. The van der Waals surface area contributed by atoms with Crippen molar-refractivity contribution in [3.63, 3.8) is 0 Å². The Morgan fingerprint density at radius 2 is 2.19 bits per heavy atom. The average molecular weight is 287 g/mol. The van der Waals surface area contributed by atoms with E-state index in [9.17, 15) is 0 Å². The van der Waals surface area contributed by atoms with Crippen LogP contribution in [0.5, 0.6) is 0 Å². The molecule has 112 valence electrons. The molecule has 1 saturated carbocycles. The zero-order valence-electron chi connectivity index (χ0n) is 12.4. The molecule has 0 aromatic carbocycles. The molecule has 2 aromatic heterocycles. The zero-order chi connectivity index (χ0) is 14.2. The molecule has 1 aliphatic carbocycles. The highest BCUT2D eigenvalue weighted by molar-refractivity contribution is 5.79. The molecule has 1 unspecified atom stereocenters. The van der Waals surface area contributed by atoms with Crippen molar-refractivity contribution in [2.75, 3.05) is 6.61 Å². The van der Waals surface area contributed by atoms with Crippen LogP contribution >= 0.6 is 0 Å². The van der Waals surface area contributed by atoms with Gasteiger partial charge in [-0.3, -0.25) is 0 Å². The molecule has 3 heterocycles. The second kappa shape index (κ2) is 5.39. The van der Waals surface area contributed by atoms with Gasteiger partial charge in [-0.1, -0.05) is 0 Å². The molecular weight excluding hydrogens is 266 g/mol. The maximum absolute atomic E-state index is 5.84. The van der Waals surface area contributed by atoms with E-state index in [2.05, 4.69) is 21.0 Å². The van der Waals surface area contributed by atoms with Crippen LogP contribution in [0, 0.1) is 6.92 Å². The van der Waals surface area contributed by atoms with Gasteiger partial charge in [-0.25, -0.2) is 9.97 Å². The van der Waals surface area contributed by atoms with Gasteiger partial charge in [0.05, 0.1) is 23.3 Å². The smallest absolute Gasteiger partial charge is 0.158 e. The van der Waals surface area contributed by atoms with Gasteiger partial charge >= 0.3 is 0 Å². The van der Waals surface area contributed by atoms with Crippen molar-refractivity contribution in [1.29, 1.82) is 0 Å². The predicted octanol–water partition coefficient (Wildman–Crippen LogP) is 3.19. The van der Waals surface area contributed by atoms with E-state index in [0.29, 0.717) is 12.5 Å². The van der Waals surface area contributed by atoms with Crippen LogP contribution in [0.1, 0.15) is 55.2 Å². The summed E-state index contributed by atoms with van der Waals surface area (Å²) in [6.45, 7) is 3.32. The molecule has 21 heavy (non-hydrogen) atoms. The normalized spacial score (nSPS) is 22.8. The number of aromatic nitrogens is 3. The third kappa shape index (κ3) is 2.80. The summed E-state index contributed by atoms with van der Waals surface area (Å²) >= 11 is 0. The minimum atomic E-state index is -0.0547. The molecular formula is C16H21N3O2. The summed E-state index contributed by atoms with van der Waals surface area (Å²) < 4.78 is 11.4. The molecule has 1 aliphatic heterocycles. The summed E-state index contributed by atoms with van der Waals surface area (Å²) in [5.74, 6) is 1.47. The number of hydrogen-bond donors (Lipinski definition) is 1. The topological polar surface area (TPSA) is 60.0 Å². The Labute approximate surface area is 124 Å². The lowest BCUT2D eigenvalue weighted by Gasteiger charge is -2.22. The van der Waals surface area contributed by atoms with Crippen molar-refractivity contribution in [1.82, 2.24) is 15.0 Å². The Morgan fingerprint density at radius 3 is 2.95 bits per heavy atom. The van der Waals surface area contributed by atoms with Gasteiger partial charge in [0.15, 0.2) is 6.29 Å². The van der Waals surface area contributed by atoms with Crippen LogP contribution in [0.3, 0.4) is 0 Å². The summed E-state index contributed by atoms with van der Waals surface area (Å²) in [5, 5.41) is 0. The molecule has 1 saturated heterocycles. The highest BCUT2D eigenvalue weighted by atomic mass is 16.7. The lowest BCUT2D eigenvalue weighted by atomic mass is 10.2. The van der Waals surface area contributed by atoms with Crippen LogP contribution in [0.4, 0.5) is 0 Å². The molecule has 5 nitrogen and oxygen atoms in total. The Morgan fingerprint density at radius 1 is 1.29 bits per heavy atom. The van der Waals surface area contributed by atoms with Crippen LogP contribution in [-0.4, -0.2) is 27.8 Å². The van der Waals surface area contributed by atoms with Crippen LogP contribution in [-0.2, 0) is 16.1 Å². The van der Waals surface area contributed by atoms with Gasteiger partial charge in [0.1, 0.15) is 5.82 Å². The molecule has 0 radical (unpaired) electrons. The molecule has 2 aromatic rings. The number of aromatic amines is 1. The lowest BCUT2D eigenvalue weighted by Crippen LogP contribution is -2.22. The van der Waals surface area contributed by atoms with Gasteiger partial charge in [-0.2, -0.15) is 0 Å². The highest BCUT2D eigenvalue weighted by Crippen LogP contribution is 2.41. The van der Waals surface area contributed by atoms with E-state index in [1.807, 2.05) is 6.92 Å². The standard InChI is InChI=1S/C16H21N3O2/c1-10-17-13-8-12(9-21-14-4-2-3-7-20-14)19-16(13)15(18-10)11-5-6-11/h8,11,14,19H,2-7,9H2,1H3.